The minimum absolute atomic E-state index is 0. The van der Waals surface area contributed by atoms with Crippen LogP contribution < -0.4 is 5.32 Å². The maximum atomic E-state index is 5.88. The molecule has 0 bridgehead atoms. The van der Waals surface area contributed by atoms with E-state index in [9.17, 15) is 0 Å². The molecular formula is C19H27IN4OS. The highest BCUT2D eigenvalue weighted by Gasteiger charge is 2.28. The van der Waals surface area contributed by atoms with Crippen molar-refractivity contribution in [2.45, 2.75) is 32.1 Å². The molecule has 1 aliphatic heterocycles. The summed E-state index contributed by atoms with van der Waals surface area (Å²) in [5.41, 5.74) is 2.28. The maximum Gasteiger partial charge on any atom is 0.214 e. The van der Waals surface area contributed by atoms with Crippen LogP contribution in [0.3, 0.4) is 0 Å². The third-order valence-electron chi connectivity index (χ3n) is 4.22. The monoisotopic (exact) mass is 486 g/mol. The standard InChI is InChI=1S/C19H26N4OS.HI/c1-14-5-7-15(8-6-14)16-11-21-17(24-16)12-22-18(20-4)23-9-10-25-19(2,3)13-23;/h5-8,11H,9-10,12-13H2,1-4H3,(H,20,22);1H. The van der Waals surface area contributed by atoms with Gasteiger partial charge in [-0.2, -0.15) is 11.8 Å². The SMILES string of the molecule is CN=C(NCc1ncc(-c2ccc(C)cc2)o1)N1CCSC(C)(C)C1.I. The van der Waals surface area contributed by atoms with Crippen LogP contribution in [-0.2, 0) is 6.54 Å². The Morgan fingerprint density at radius 1 is 1.35 bits per heavy atom. The smallest absolute Gasteiger partial charge is 0.214 e. The number of nitrogens with zero attached hydrogens (tertiary/aromatic N) is 3. The summed E-state index contributed by atoms with van der Waals surface area (Å²) in [7, 11) is 1.82. The van der Waals surface area contributed by atoms with Crippen molar-refractivity contribution >= 4 is 41.7 Å². The van der Waals surface area contributed by atoms with E-state index in [1.165, 1.54) is 5.56 Å². The van der Waals surface area contributed by atoms with E-state index in [1.807, 2.05) is 18.8 Å². The Bertz CT molecular complexity index is 742. The van der Waals surface area contributed by atoms with Crippen LogP contribution in [0.1, 0.15) is 25.3 Å². The predicted octanol–water partition coefficient (Wildman–Crippen LogP) is 4.17. The molecule has 142 valence electrons. The number of hydrogen-bond donors (Lipinski definition) is 1. The van der Waals surface area contributed by atoms with Crippen LogP contribution >= 0.6 is 35.7 Å². The fraction of sp³-hybridized carbons (Fsp3) is 0.474. The second-order valence-corrected chi connectivity index (χ2v) is 8.72. The molecule has 3 rings (SSSR count). The number of nitrogens with one attached hydrogen (secondary N) is 1. The molecule has 1 saturated heterocycles. The summed E-state index contributed by atoms with van der Waals surface area (Å²) in [5.74, 6) is 3.48. The van der Waals surface area contributed by atoms with Crippen molar-refractivity contribution in [1.82, 2.24) is 15.2 Å². The number of hydrogen-bond acceptors (Lipinski definition) is 4. The van der Waals surface area contributed by atoms with Gasteiger partial charge in [0.2, 0.25) is 5.89 Å². The highest BCUT2D eigenvalue weighted by atomic mass is 127. The number of benzene rings is 1. The van der Waals surface area contributed by atoms with Crippen molar-refractivity contribution in [2.24, 2.45) is 4.99 Å². The first-order chi connectivity index (χ1) is 12.0. The number of guanidine groups is 1. The molecular weight excluding hydrogens is 459 g/mol. The lowest BCUT2D eigenvalue weighted by Crippen LogP contribution is -2.50. The highest BCUT2D eigenvalue weighted by Crippen LogP contribution is 2.29. The predicted molar refractivity (Wildman–Crippen MR) is 120 cm³/mol. The van der Waals surface area contributed by atoms with Crippen LogP contribution in [0.25, 0.3) is 11.3 Å². The largest absolute Gasteiger partial charge is 0.439 e. The van der Waals surface area contributed by atoms with Crippen LogP contribution in [0.5, 0.6) is 0 Å². The fourth-order valence-corrected chi connectivity index (χ4v) is 4.04. The average Bonchev–Trinajstić information content (AvgIpc) is 3.04. The van der Waals surface area contributed by atoms with Gasteiger partial charge in [-0.15, -0.1) is 24.0 Å². The molecule has 0 unspecified atom stereocenters. The molecule has 1 N–H and O–H groups in total. The summed E-state index contributed by atoms with van der Waals surface area (Å²) in [6.07, 6.45) is 1.78. The van der Waals surface area contributed by atoms with Crippen molar-refractivity contribution in [1.29, 1.82) is 0 Å². The van der Waals surface area contributed by atoms with Crippen LogP contribution in [0.15, 0.2) is 39.9 Å². The van der Waals surface area contributed by atoms with Gasteiger partial charge in [0.1, 0.15) is 0 Å². The zero-order valence-electron chi connectivity index (χ0n) is 15.8. The highest BCUT2D eigenvalue weighted by molar-refractivity contribution is 14.0. The summed E-state index contributed by atoms with van der Waals surface area (Å²) in [6, 6.07) is 8.26. The summed E-state index contributed by atoms with van der Waals surface area (Å²) in [5, 5.41) is 3.38. The zero-order chi connectivity index (χ0) is 17.9. The second-order valence-electron chi connectivity index (χ2n) is 6.91. The molecule has 0 spiro atoms. The van der Waals surface area contributed by atoms with Gasteiger partial charge in [-0.05, 0) is 20.8 Å². The maximum absolute atomic E-state index is 5.88. The summed E-state index contributed by atoms with van der Waals surface area (Å²) in [6.45, 7) is 9.15. The van der Waals surface area contributed by atoms with Gasteiger partial charge in [0, 0.05) is 36.2 Å². The van der Waals surface area contributed by atoms with E-state index in [-0.39, 0.29) is 28.7 Å². The Morgan fingerprint density at radius 3 is 2.73 bits per heavy atom. The van der Waals surface area contributed by atoms with Crippen LogP contribution in [0.2, 0.25) is 0 Å². The normalized spacial score (nSPS) is 16.9. The lowest BCUT2D eigenvalue weighted by Gasteiger charge is -2.39. The molecule has 0 atom stereocenters. The van der Waals surface area contributed by atoms with Gasteiger partial charge in [-0.25, -0.2) is 4.98 Å². The van der Waals surface area contributed by atoms with E-state index in [0.717, 1.165) is 36.1 Å². The number of thioether (sulfide) groups is 1. The van der Waals surface area contributed by atoms with Crippen molar-refractivity contribution in [2.75, 3.05) is 25.9 Å². The molecule has 2 heterocycles. The molecule has 5 nitrogen and oxygen atoms in total. The van der Waals surface area contributed by atoms with E-state index in [1.54, 1.807) is 6.20 Å². The van der Waals surface area contributed by atoms with Crippen molar-refractivity contribution < 1.29 is 4.42 Å². The molecule has 1 fully saturated rings. The first-order valence-corrected chi connectivity index (χ1v) is 9.57. The quantitative estimate of drug-likeness (QED) is 0.401. The van der Waals surface area contributed by atoms with Gasteiger partial charge in [-0.1, -0.05) is 29.8 Å². The number of aromatic nitrogens is 1. The number of rotatable bonds is 3. The van der Waals surface area contributed by atoms with Crippen molar-refractivity contribution in [3.8, 4) is 11.3 Å². The molecule has 0 amide bonds. The summed E-state index contributed by atoms with van der Waals surface area (Å²) >= 11 is 2.01. The minimum atomic E-state index is 0. The van der Waals surface area contributed by atoms with Gasteiger partial charge in [-0.3, -0.25) is 4.99 Å². The second kappa shape index (κ2) is 9.12. The van der Waals surface area contributed by atoms with E-state index in [4.69, 9.17) is 4.42 Å². The Kier molecular flexibility index (Phi) is 7.40. The van der Waals surface area contributed by atoms with Crippen molar-refractivity contribution in [3.05, 3.63) is 41.9 Å². The van der Waals surface area contributed by atoms with Gasteiger partial charge in [0.25, 0.3) is 0 Å². The number of halogens is 1. The number of aliphatic imine (C=N–C) groups is 1. The molecule has 0 saturated carbocycles. The molecule has 7 heteroatoms. The Balaban J connectivity index is 0.00000243. The first-order valence-electron chi connectivity index (χ1n) is 8.58. The topological polar surface area (TPSA) is 53.7 Å². The molecule has 2 aromatic rings. The Labute approximate surface area is 177 Å². The number of oxazole rings is 1. The van der Waals surface area contributed by atoms with Gasteiger partial charge in [0.05, 0.1) is 12.7 Å². The van der Waals surface area contributed by atoms with Crippen LogP contribution in [0, 0.1) is 6.92 Å². The molecule has 0 aliphatic carbocycles. The first kappa shape index (κ1) is 21.1. The molecule has 1 aromatic heterocycles. The summed E-state index contributed by atoms with van der Waals surface area (Å²) in [4.78, 5) is 11.1. The van der Waals surface area contributed by atoms with Gasteiger partial charge >= 0.3 is 0 Å². The lowest BCUT2D eigenvalue weighted by atomic mass is 10.1. The molecule has 0 radical (unpaired) electrons. The molecule has 1 aromatic carbocycles. The minimum Gasteiger partial charge on any atom is -0.439 e. The van der Waals surface area contributed by atoms with E-state index < -0.39 is 0 Å². The summed E-state index contributed by atoms with van der Waals surface area (Å²) < 4.78 is 6.13. The Hall–Kier alpha value is -1.22. The van der Waals surface area contributed by atoms with Crippen molar-refractivity contribution in [3.63, 3.8) is 0 Å². The molecule has 26 heavy (non-hydrogen) atoms. The third kappa shape index (κ3) is 5.39. The third-order valence-corrected chi connectivity index (χ3v) is 5.52. The number of aryl methyl sites for hydroxylation is 1. The van der Waals surface area contributed by atoms with Crippen LogP contribution in [-0.4, -0.2) is 46.5 Å². The van der Waals surface area contributed by atoms with Gasteiger partial charge < -0.3 is 14.6 Å². The van der Waals surface area contributed by atoms with Crippen LogP contribution in [0.4, 0.5) is 0 Å². The van der Waals surface area contributed by atoms with E-state index >= 15 is 0 Å². The lowest BCUT2D eigenvalue weighted by molar-refractivity contribution is 0.372. The zero-order valence-corrected chi connectivity index (χ0v) is 18.9. The average molecular weight is 486 g/mol. The molecule has 1 aliphatic rings. The van der Waals surface area contributed by atoms with E-state index in [0.29, 0.717) is 12.4 Å². The Morgan fingerprint density at radius 2 is 2.08 bits per heavy atom. The van der Waals surface area contributed by atoms with Gasteiger partial charge in [0.15, 0.2) is 11.7 Å². The van der Waals surface area contributed by atoms with E-state index in [2.05, 4.69) is 65.2 Å². The fourth-order valence-electron chi connectivity index (χ4n) is 2.93.